The topological polar surface area (TPSA) is 58.7 Å². The number of hydrazine groups is 1. The van der Waals surface area contributed by atoms with E-state index in [-0.39, 0.29) is 5.91 Å². The molecule has 2 aromatic rings. The number of amides is 1. The predicted octanol–water partition coefficient (Wildman–Crippen LogP) is 2.84. The van der Waals surface area contributed by atoms with Crippen LogP contribution < -0.4 is 5.84 Å². The van der Waals surface area contributed by atoms with Crippen LogP contribution in [-0.4, -0.2) is 16.8 Å². The van der Waals surface area contributed by atoms with Crippen molar-refractivity contribution in [3.63, 3.8) is 0 Å². The summed E-state index contributed by atoms with van der Waals surface area (Å²) in [5.74, 6) is 5.93. The summed E-state index contributed by atoms with van der Waals surface area (Å²) in [4.78, 5) is 16.5. The number of hydrogen-bond acceptors (Lipinski definition) is 3. The molecule has 1 amide bonds. The minimum absolute atomic E-state index is 0.304. The van der Waals surface area contributed by atoms with Gasteiger partial charge in [0.2, 0.25) is 0 Å². The first-order chi connectivity index (χ1) is 10.1. The van der Waals surface area contributed by atoms with E-state index in [2.05, 4.69) is 4.99 Å². The number of amidine groups is 1. The number of aliphatic imine (C=N–C) groups is 1. The molecule has 0 fully saturated rings. The maximum Gasteiger partial charge on any atom is 0.292 e. The standard InChI is InChI=1S/C16H12ClN3O/c17-13-8-6-11(7-9-13)10-14-16(21)20(18)15(19-14)12-4-2-1-3-5-12/h1-10H,18H2. The van der Waals surface area contributed by atoms with E-state index >= 15 is 0 Å². The van der Waals surface area contributed by atoms with Gasteiger partial charge in [0, 0.05) is 10.6 Å². The van der Waals surface area contributed by atoms with E-state index in [1.807, 2.05) is 42.5 Å². The summed E-state index contributed by atoms with van der Waals surface area (Å²) >= 11 is 5.84. The Bertz CT molecular complexity index is 736. The number of hydrogen-bond donors (Lipinski definition) is 1. The van der Waals surface area contributed by atoms with Crippen molar-refractivity contribution >= 4 is 29.4 Å². The molecule has 104 valence electrons. The Labute approximate surface area is 127 Å². The first-order valence-electron chi connectivity index (χ1n) is 6.36. The second-order valence-corrected chi connectivity index (χ2v) is 4.99. The Morgan fingerprint density at radius 2 is 1.71 bits per heavy atom. The van der Waals surface area contributed by atoms with E-state index in [0.29, 0.717) is 16.6 Å². The Morgan fingerprint density at radius 3 is 2.38 bits per heavy atom. The number of benzene rings is 2. The van der Waals surface area contributed by atoms with Crippen LogP contribution >= 0.6 is 11.6 Å². The highest BCUT2D eigenvalue weighted by molar-refractivity contribution is 6.30. The Balaban J connectivity index is 1.98. The first kappa shape index (κ1) is 13.5. The molecule has 1 heterocycles. The van der Waals surface area contributed by atoms with E-state index in [0.717, 1.165) is 16.1 Å². The quantitative estimate of drug-likeness (QED) is 0.526. The molecular weight excluding hydrogens is 286 g/mol. The number of carbonyl (C=O) groups is 1. The lowest BCUT2D eigenvalue weighted by atomic mass is 10.2. The van der Waals surface area contributed by atoms with Gasteiger partial charge in [0.1, 0.15) is 5.70 Å². The largest absolute Gasteiger partial charge is 0.292 e. The molecule has 2 aromatic carbocycles. The van der Waals surface area contributed by atoms with Gasteiger partial charge in [-0.2, -0.15) is 0 Å². The van der Waals surface area contributed by atoms with E-state index in [1.165, 1.54) is 0 Å². The van der Waals surface area contributed by atoms with Crippen LogP contribution in [0.25, 0.3) is 6.08 Å². The lowest BCUT2D eigenvalue weighted by Crippen LogP contribution is -2.38. The minimum Gasteiger partial charge on any atom is -0.265 e. The van der Waals surface area contributed by atoms with Crippen LogP contribution in [0, 0.1) is 0 Å². The van der Waals surface area contributed by atoms with Crippen molar-refractivity contribution in [2.75, 3.05) is 0 Å². The van der Waals surface area contributed by atoms with Gasteiger partial charge in [-0.3, -0.25) is 4.79 Å². The molecule has 0 saturated carbocycles. The highest BCUT2D eigenvalue weighted by Gasteiger charge is 2.28. The minimum atomic E-state index is -0.330. The van der Waals surface area contributed by atoms with Crippen LogP contribution in [0.15, 0.2) is 65.3 Å². The van der Waals surface area contributed by atoms with Crippen LogP contribution in [0.3, 0.4) is 0 Å². The van der Waals surface area contributed by atoms with Crippen molar-refractivity contribution in [3.8, 4) is 0 Å². The first-order valence-corrected chi connectivity index (χ1v) is 6.73. The molecule has 0 atom stereocenters. The van der Waals surface area contributed by atoms with Crippen molar-refractivity contribution in [3.05, 3.63) is 76.4 Å². The van der Waals surface area contributed by atoms with Gasteiger partial charge in [-0.25, -0.2) is 15.8 Å². The van der Waals surface area contributed by atoms with Gasteiger partial charge in [0.05, 0.1) is 0 Å². The number of halogens is 1. The zero-order valence-corrected chi connectivity index (χ0v) is 11.8. The summed E-state index contributed by atoms with van der Waals surface area (Å²) in [6.07, 6.45) is 1.69. The molecule has 0 spiro atoms. The molecule has 4 nitrogen and oxygen atoms in total. The molecule has 21 heavy (non-hydrogen) atoms. The van der Waals surface area contributed by atoms with Crippen molar-refractivity contribution in [1.82, 2.24) is 5.01 Å². The van der Waals surface area contributed by atoms with Crippen LogP contribution in [0.1, 0.15) is 11.1 Å². The molecule has 0 bridgehead atoms. The molecule has 0 radical (unpaired) electrons. The second kappa shape index (κ2) is 5.52. The molecule has 0 saturated heterocycles. The SMILES string of the molecule is NN1C(=O)C(=Cc2ccc(Cl)cc2)N=C1c1ccccc1. The number of rotatable bonds is 2. The Hall–Kier alpha value is -2.43. The number of nitrogens with two attached hydrogens (primary N) is 1. The third-order valence-electron chi connectivity index (χ3n) is 3.10. The molecule has 0 aromatic heterocycles. The zero-order chi connectivity index (χ0) is 14.8. The van der Waals surface area contributed by atoms with Gasteiger partial charge in [0.25, 0.3) is 5.91 Å². The molecule has 3 rings (SSSR count). The van der Waals surface area contributed by atoms with E-state index in [1.54, 1.807) is 18.2 Å². The Kier molecular flexibility index (Phi) is 3.56. The number of nitrogens with zero attached hydrogens (tertiary/aromatic N) is 2. The maximum atomic E-state index is 12.2. The van der Waals surface area contributed by atoms with E-state index < -0.39 is 0 Å². The highest BCUT2D eigenvalue weighted by Crippen LogP contribution is 2.20. The summed E-state index contributed by atoms with van der Waals surface area (Å²) in [5, 5.41) is 1.71. The third kappa shape index (κ3) is 2.72. The molecule has 1 aliphatic rings. The summed E-state index contributed by atoms with van der Waals surface area (Å²) in [6.45, 7) is 0. The average molecular weight is 298 g/mol. The monoisotopic (exact) mass is 297 g/mol. The van der Waals surface area contributed by atoms with Crippen LogP contribution in [0.2, 0.25) is 5.02 Å². The third-order valence-corrected chi connectivity index (χ3v) is 3.35. The summed E-state index contributed by atoms with van der Waals surface area (Å²) in [6, 6.07) is 16.5. The van der Waals surface area contributed by atoms with Gasteiger partial charge in [0.15, 0.2) is 5.84 Å². The van der Waals surface area contributed by atoms with Crippen LogP contribution in [0.5, 0.6) is 0 Å². The normalized spacial score (nSPS) is 16.5. The van der Waals surface area contributed by atoms with Gasteiger partial charge in [-0.1, -0.05) is 54.1 Å². The lowest BCUT2D eigenvalue weighted by Gasteiger charge is -2.10. The van der Waals surface area contributed by atoms with E-state index in [4.69, 9.17) is 17.4 Å². The summed E-state index contributed by atoms with van der Waals surface area (Å²) < 4.78 is 0. The molecule has 5 heteroatoms. The predicted molar refractivity (Wildman–Crippen MR) is 83.4 cm³/mol. The van der Waals surface area contributed by atoms with Gasteiger partial charge >= 0.3 is 0 Å². The fraction of sp³-hybridized carbons (Fsp3) is 0. The lowest BCUT2D eigenvalue weighted by molar-refractivity contribution is -0.122. The van der Waals surface area contributed by atoms with Crippen molar-refractivity contribution in [2.24, 2.45) is 10.8 Å². The molecule has 2 N–H and O–H groups in total. The molecule has 1 aliphatic heterocycles. The fourth-order valence-electron chi connectivity index (χ4n) is 2.04. The average Bonchev–Trinajstić information content (AvgIpc) is 2.79. The van der Waals surface area contributed by atoms with Crippen molar-refractivity contribution < 1.29 is 4.79 Å². The van der Waals surface area contributed by atoms with Gasteiger partial charge in [-0.15, -0.1) is 0 Å². The van der Waals surface area contributed by atoms with Crippen LogP contribution in [-0.2, 0) is 4.79 Å². The molecule has 0 unspecified atom stereocenters. The van der Waals surface area contributed by atoms with E-state index in [9.17, 15) is 4.79 Å². The second-order valence-electron chi connectivity index (χ2n) is 4.56. The summed E-state index contributed by atoms with van der Waals surface area (Å²) in [5.41, 5.74) is 1.95. The maximum absolute atomic E-state index is 12.2. The Morgan fingerprint density at radius 1 is 1.05 bits per heavy atom. The van der Waals surface area contributed by atoms with Crippen LogP contribution in [0.4, 0.5) is 0 Å². The fourth-order valence-corrected chi connectivity index (χ4v) is 2.16. The van der Waals surface area contributed by atoms with Gasteiger partial charge in [-0.05, 0) is 23.8 Å². The molecular formula is C16H12ClN3O. The number of carbonyl (C=O) groups excluding carboxylic acids is 1. The summed E-state index contributed by atoms with van der Waals surface area (Å²) in [7, 11) is 0. The smallest absolute Gasteiger partial charge is 0.265 e. The van der Waals surface area contributed by atoms with Crippen molar-refractivity contribution in [2.45, 2.75) is 0 Å². The zero-order valence-electron chi connectivity index (χ0n) is 11.0. The van der Waals surface area contributed by atoms with Gasteiger partial charge < -0.3 is 0 Å². The highest BCUT2D eigenvalue weighted by atomic mass is 35.5. The van der Waals surface area contributed by atoms with Crippen molar-refractivity contribution in [1.29, 1.82) is 0 Å². The molecule has 0 aliphatic carbocycles.